The van der Waals surface area contributed by atoms with E-state index in [1.165, 1.54) is 5.56 Å². The molecule has 0 atom stereocenters. The highest BCUT2D eigenvalue weighted by Gasteiger charge is 2.18. The first kappa shape index (κ1) is 18.2. The van der Waals surface area contributed by atoms with Crippen molar-refractivity contribution in [3.05, 3.63) is 71.7 Å². The molecule has 28 heavy (non-hydrogen) atoms. The number of amides is 1. The van der Waals surface area contributed by atoms with E-state index in [9.17, 15) is 4.79 Å². The number of anilines is 1. The van der Waals surface area contributed by atoms with E-state index in [1.54, 1.807) is 11.1 Å². The van der Waals surface area contributed by atoms with Gasteiger partial charge < -0.3 is 15.0 Å². The van der Waals surface area contributed by atoms with Crippen LogP contribution >= 0.6 is 0 Å². The van der Waals surface area contributed by atoms with E-state index in [4.69, 9.17) is 4.74 Å². The van der Waals surface area contributed by atoms with Crippen molar-refractivity contribution in [2.75, 3.05) is 31.6 Å². The quantitative estimate of drug-likeness (QED) is 0.740. The molecule has 1 aliphatic rings. The lowest BCUT2D eigenvalue weighted by Gasteiger charge is -2.26. The van der Waals surface area contributed by atoms with E-state index in [0.717, 1.165) is 17.1 Å². The fourth-order valence-electron chi connectivity index (χ4n) is 3.13. The maximum absolute atomic E-state index is 12.5. The third-order valence-corrected chi connectivity index (χ3v) is 4.68. The predicted molar refractivity (Wildman–Crippen MR) is 107 cm³/mol. The minimum atomic E-state index is 0.00165. The van der Waals surface area contributed by atoms with Gasteiger partial charge in [-0.25, -0.2) is 9.67 Å². The van der Waals surface area contributed by atoms with Gasteiger partial charge in [0, 0.05) is 37.6 Å². The third-order valence-electron chi connectivity index (χ3n) is 4.68. The predicted octanol–water partition coefficient (Wildman–Crippen LogP) is 2.66. The zero-order chi connectivity index (χ0) is 19.3. The van der Waals surface area contributed by atoms with Gasteiger partial charge >= 0.3 is 0 Å². The fourth-order valence-corrected chi connectivity index (χ4v) is 3.13. The SMILES string of the molecule is Cc1cccc(-n2cc(CNc3ccc(C(=O)N4CCOCC4)cn3)cn2)c1. The number of rotatable bonds is 5. The largest absolute Gasteiger partial charge is 0.378 e. The van der Waals surface area contributed by atoms with Crippen LogP contribution in [-0.4, -0.2) is 51.9 Å². The summed E-state index contributed by atoms with van der Waals surface area (Å²) in [5, 5.41) is 7.70. The van der Waals surface area contributed by atoms with Gasteiger partial charge in [-0.15, -0.1) is 0 Å². The molecule has 0 spiro atoms. The van der Waals surface area contributed by atoms with Gasteiger partial charge in [0.05, 0.1) is 30.7 Å². The topological polar surface area (TPSA) is 72.3 Å². The van der Waals surface area contributed by atoms with Crippen molar-refractivity contribution >= 4 is 11.7 Å². The maximum Gasteiger partial charge on any atom is 0.255 e. The number of nitrogens with one attached hydrogen (secondary N) is 1. The monoisotopic (exact) mass is 377 g/mol. The average Bonchev–Trinajstić information content (AvgIpc) is 3.22. The third kappa shape index (κ3) is 4.20. The van der Waals surface area contributed by atoms with Crippen molar-refractivity contribution in [1.29, 1.82) is 0 Å². The van der Waals surface area contributed by atoms with E-state index >= 15 is 0 Å². The highest BCUT2D eigenvalue weighted by molar-refractivity contribution is 5.94. The summed E-state index contributed by atoms with van der Waals surface area (Å²) in [6.45, 7) is 5.11. The Kier molecular flexibility index (Phi) is 5.34. The van der Waals surface area contributed by atoms with E-state index in [2.05, 4.69) is 34.5 Å². The minimum Gasteiger partial charge on any atom is -0.378 e. The van der Waals surface area contributed by atoms with Crippen LogP contribution < -0.4 is 5.32 Å². The van der Waals surface area contributed by atoms with Gasteiger partial charge in [0.25, 0.3) is 5.91 Å². The van der Waals surface area contributed by atoms with E-state index in [0.29, 0.717) is 38.4 Å². The number of aromatic nitrogens is 3. The molecule has 0 radical (unpaired) electrons. The molecule has 0 aliphatic carbocycles. The molecule has 1 saturated heterocycles. The molecule has 0 saturated carbocycles. The average molecular weight is 377 g/mol. The number of carbonyl (C=O) groups excluding carboxylic acids is 1. The maximum atomic E-state index is 12.5. The van der Waals surface area contributed by atoms with Crippen LogP contribution in [0.15, 0.2) is 55.0 Å². The molecule has 7 heteroatoms. The van der Waals surface area contributed by atoms with Gasteiger partial charge in [-0.3, -0.25) is 4.79 Å². The van der Waals surface area contributed by atoms with Crippen LogP contribution in [0, 0.1) is 6.92 Å². The molecular weight excluding hydrogens is 354 g/mol. The number of benzene rings is 1. The lowest BCUT2D eigenvalue weighted by Crippen LogP contribution is -2.40. The lowest BCUT2D eigenvalue weighted by molar-refractivity contribution is 0.0302. The van der Waals surface area contributed by atoms with Gasteiger partial charge in [-0.05, 0) is 36.8 Å². The molecule has 3 heterocycles. The number of hydrogen-bond acceptors (Lipinski definition) is 5. The Morgan fingerprint density at radius 3 is 2.79 bits per heavy atom. The molecule has 2 aromatic heterocycles. The Balaban J connectivity index is 1.36. The molecule has 1 aliphatic heterocycles. The van der Waals surface area contributed by atoms with E-state index in [1.807, 2.05) is 41.3 Å². The first-order valence-corrected chi connectivity index (χ1v) is 9.36. The highest BCUT2D eigenvalue weighted by Crippen LogP contribution is 2.13. The summed E-state index contributed by atoms with van der Waals surface area (Å²) >= 11 is 0. The van der Waals surface area contributed by atoms with Gasteiger partial charge in [-0.2, -0.15) is 5.10 Å². The Labute approximate surface area is 164 Å². The van der Waals surface area contributed by atoms with Crippen molar-refractivity contribution in [2.24, 2.45) is 0 Å². The van der Waals surface area contributed by atoms with E-state index in [-0.39, 0.29) is 5.91 Å². The fraction of sp³-hybridized carbons (Fsp3) is 0.286. The molecule has 144 valence electrons. The number of hydrogen-bond donors (Lipinski definition) is 1. The highest BCUT2D eigenvalue weighted by atomic mass is 16.5. The lowest BCUT2D eigenvalue weighted by atomic mass is 10.2. The van der Waals surface area contributed by atoms with Crippen LogP contribution in [0.3, 0.4) is 0 Å². The van der Waals surface area contributed by atoms with Crippen LogP contribution in [0.25, 0.3) is 5.69 Å². The van der Waals surface area contributed by atoms with Gasteiger partial charge in [-0.1, -0.05) is 12.1 Å². The molecule has 1 amide bonds. The van der Waals surface area contributed by atoms with Crippen LogP contribution in [0.4, 0.5) is 5.82 Å². The summed E-state index contributed by atoms with van der Waals surface area (Å²) in [5.74, 6) is 0.726. The van der Waals surface area contributed by atoms with Crippen molar-refractivity contribution in [3.8, 4) is 5.69 Å². The molecule has 1 fully saturated rings. The Morgan fingerprint density at radius 2 is 2.04 bits per heavy atom. The Morgan fingerprint density at radius 1 is 1.18 bits per heavy atom. The standard InChI is InChI=1S/C21H23N5O2/c1-16-3-2-4-19(11-16)26-15-17(13-24-26)12-22-20-6-5-18(14-23-20)21(27)25-7-9-28-10-8-25/h2-6,11,13-15H,7-10,12H2,1H3,(H,22,23). The first-order valence-electron chi connectivity index (χ1n) is 9.36. The Bertz CT molecular complexity index is 945. The van der Waals surface area contributed by atoms with Gasteiger partial charge in [0.15, 0.2) is 0 Å². The van der Waals surface area contributed by atoms with Crippen LogP contribution in [0.2, 0.25) is 0 Å². The molecule has 7 nitrogen and oxygen atoms in total. The zero-order valence-electron chi connectivity index (χ0n) is 15.8. The molecule has 0 bridgehead atoms. The van der Waals surface area contributed by atoms with Gasteiger partial charge in [0.1, 0.15) is 5.82 Å². The van der Waals surface area contributed by atoms with Crippen molar-refractivity contribution in [2.45, 2.75) is 13.5 Å². The second-order valence-electron chi connectivity index (χ2n) is 6.82. The molecule has 1 aromatic carbocycles. The molecule has 1 N–H and O–H groups in total. The van der Waals surface area contributed by atoms with Crippen molar-refractivity contribution < 1.29 is 9.53 Å². The second kappa shape index (κ2) is 8.22. The number of nitrogens with zero attached hydrogens (tertiary/aromatic N) is 4. The number of aryl methyl sites for hydroxylation is 1. The number of pyridine rings is 1. The van der Waals surface area contributed by atoms with Crippen molar-refractivity contribution in [1.82, 2.24) is 19.7 Å². The molecule has 4 rings (SSSR count). The summed E-state index contributed by atoms with van der Waals surface area (Å²) in [7, 11) is 0. The molecule has 0 unspecified atom stereocenters. The number of ether oxygens (including phenoxy) is 1. The Hall–Kier alpha value is -3.19. The first-order chi connectivity index (χ1) is 13.7. The van der Waals surface area contributed by atoms with E-state index < -0.39 is 0 Å². The summed E-state index contributed by atoms with van der Waals surface area (Å²) in [6, 6.07) is 11.9. The summed E-state index contributed by atoms with van der Waals surface area (Å²) in [4.78, 5) is 18.6. The van der Waals surface area contributed by atoms with Crippen LogP contribution in [-0.2, 0) is 11.3 Å². The molecule has 3 aromatic rings. The normalized spacial score (nSPS) is 14.1. The zero-order valence-corrected chi connectivity index (χ0v) is 15.8. The van der Waals surface area contributed by atoms with Crippen LogP contribution in [0.1, 0.15) is 21.5 Å². The summed E-state index contributed by atoms with van der Waals surface area (Å²) in [5.41, 5.74) is 3.88. The van der Waals surface area contributed by atoms with Crippen molar-refractivity contribution in [3.63, 3.8) is 0 Å². The molecular formula is C21H23N5O2. The van der Waals surface area contributed by atoms with Gasteiger partial charge in [0.2, 0.25) is 0 Å². The number of morpholine rings is 1. The van der Waals surface area contributed by atoms with Crippen LogP contribution in [0.5, 0.6) is 0 Å². The second-order valence-corrected chi connectivity index (χ2v) is 6.82. The smallest absolute Gasteiger partial charge is 0.255 e. The minimum absolute atomic E-state index is 0.00165. The summed E-state index contributed by atoms with van der Waals surface area (Å²) in [6.07, 6.45) is 5.46. The summed E-state index contributed by atoms with van der Waals surface area (Å²) < 4.78 is 7.15. The number of carbonyl (C=O) groups is 1.